The lowest BCUT2D eigenvalue weighted by Crippen LogP contribution is -2.56. The first-order valence-corrected chi connectivity index (χ1v) is 13.7. The van der Waals surface area contributed by atoms with Crippen LogP contribution in [-0.2, 0) is 38.2 Å². The molecule has 1 aliphatic carbocycles. The van der Waals surface area contributed by atoms with Gasteiger partial charge < -0.3 is 20.7 Å². The Morgan fingerprint density at radius 1 is 1.14 bits per heavy atom. The van der Waals surface area contributed by atoms with Crippen LogP contribution >= 0.6 is 0 Å². The van der Waals surface area contributed by atoms with E-state index in [0.29, 0.717) is 43.1 Å². The number of pyridine rings is 1. The maximum atomic E-state index is 14.1. The largest absolute Gasteiger partial charge is 0.336 e. The van der Waals surface area contributed by atoms with E-state index in [1.807, 2.05) is 19.1 Å². The molecule has 11 heteroatoms. The van der Waals surface area contributed by atoms with Crippen molar-refractivity contribution in [1.82, 2.24) is 15.2 Å². The Balaban J connectivity index is 1.39. The van der Waals surface area contributed by atoms with E-state index < -0.39 is 41.1 Å². The standard InChI is InChI=1S/C31H31F2N5O4/c1-4-18(2)35-29(42)38(30(3,17-39)21-11-22(32)13-23(33)12-21)16-26(40)36-24-8-7-19-14-31(15-20(19)10-24)25-6-5-9-34-27(25)37-28(31)41/h5-13,17-18H,4,14-16H2,1-3H3,(H,35,42)(H,36,40)(H,34,37,41)/t18?,30?,31-/m1/s1. The molecular formula is C31H31F2N5O4. The Labute approximate surface area is 241 Å². The lowest BCUT2D eigenvalue weighted by atomic mass is 9.79. The Morgan fingerprint density at radius 3 is 2.55 bits per heavy atom. The summed E-state index contributed by atoms with van der Waals surface area (Å²) >= 11 is 0. The normalized spacial score (nSPS) is 18.8. The van der Waals surface area contributed by atoms with E-state index in [1.54, 1.807) is 31.3 Å². The number of nitrogens with zero attached hydrogens (tertiary/aromatic N) is 2. The van der Waals surface area contributed by atoms with Crippen molar-refractivity contribution in [3.05, 3.63) is 88.6 Å². The minimum Gasteiger partial charge on any atom is -0.336 e. The molecule has 0 saturated carbocycles. The van der Waals surface area contributed by atoms with Crippen LogP contribution in [0.3, 0.4) is 0 Å². The second kappa shape index (κ2) is 11.0. The number of nitrogens with one attached hydrogen (secondary N) is 3. The van der Waals surface area contributed by atoms with E-state index in [1.165, 1.54) is 6.92 Å². The first-order chi connectivity index (χ1) is 20.0. The molecule has 0 bridgehead atoms. The van der Waals surface area contributed by atoms with E-state index in [-0.39, 0.29) is 17.5 Å². The number of carbonyl (C=O) groups is 4. The van der Waals surface area contributed by atoms with Gasteiger partial charge in [0.25, 0.3) is 0 Å². The van der Waals surface area contributed by atoms with Crippen LogP contribution in [0.15, 0.2) is 54.7 Å². The second-order valence-electron chi connectivity index (χ2n) is 11.1. The number of hydrogen-bond acceptors (Lipinski definition) is 5. The van der Waals surface area contributed by atoms with Gasteiger partial charge in [0.15, 0.2) is 0 Å². The molecule has 1 aromatic heterocycles. The number of amides is 4. The van der Waals surface area contributed by atoms with Gasteiger partial charge in [-0.05, 0) is 80.1 Å². The van der Waals surface area contributed by atoms with Gasteiger partial charge in [0.05, 0.1) is 5.41 Å². The lowest BCUT2D eigenvalue weighted by molar-refractivity contribution is -0.122. The molecule has 9 nitrogen and oxygen atoms in total. The fourth-order valence-electron chi connectivity index (χ4n) is 5.66. The van der Waals surface area contributed by atoms with E-state index in [4.69, 9.17) is 0 Å². The highest BCUT2D eigenvalue weighted by atomic mass is 19.1. The van der Waals surface area contributed by atoms with Gasteiger partial charge in [0.2, 0.25) is 11.8 Å². The molecule has 42 heavy (non-hydrogen) atoms. The zero-order valence-corrected chi connectivity index (χ0v) is 23.5. The molecular weight excluding hydrogens is 544 g/mol. The summed E-state index contributed by atoms with van der Waals surface area (Å²) in [5.74, 6) is -2.04. The monoisotopic (exact) mass is 575 g/mol. The molecule has 0 fully saturated rings. The first kappa shape index (κ1) is 28.8. The number of aromatic nitrogens is 1. The molecule has 1 spiro atoms. The van der Waals surface area contributed by atoms with Crippen LogP contribution in [0.4, 0.5) is 25.1 Å². The summed E-state index contributed by atoms with van der Waals surface area (Å²) in [5.41, 5.74) is 0.379. The number of urea groups is 1. The van der Waals surface area contributed by atoms with Gasteiger partial charge in [-0.1, -0.05) is 19.1 Å². The molecule has 3 atom stereocenters. The second-order valence-corrected chi connectivity index (χ2v) is 11.1. The summed E-state index contributed by atoms with van der Waals surface area (Å²) in [4.78, 5) is 57.3. The van der Waals surface area contributed by atoms with Crippen LogP contribution in [0.25, 0.3) is 0 Å². The predicted molar refractivity (Wildman–Crippen MR) is 152 cm³/mol. The molecule has 3 aromatic rings. The van der Waals surface area contributed by atoms with Crippen molar-refractivity contribution in [2.45, 2.75) is 57.0 Å². The number of anilines is 2. The number of fused-ring (bicyclic) bond motifs is 3. The predicted octanol–water partition coefficient (Wildman–Crippen LogP) is 4.21. The van der Waals surface area contributed by atoms with Gasteiger partial charge in [0, 0.05) is 29.6 Å². The molecule has 218 valence electrons. The van der Waals surface area contributed by atoms with Crippen molar-refractivity contribution in [2.24, 2.45) is 0 Å². The number of rotatable bonds is 8. The lowest BCUT2D eigenvalue weighted by Gasteiger charge is -2.37. The van der Waals surface area contributed by atoms with Crippen LogP contribution in [0.5, 0.6) is 0 Å². The van der Waals surface area contributed by atoms with Crippen molar-refractivity contribution in [2.75, 3.05) is 17.2 Å². The molecule has 2 aromatic carbocycles. The Bertz CT molecular complexity index is 1580. The molecule has 0 radical (unpaired) electrons. The smallest absolute Gasteiger partial charge is 0.319 e. The van der Waals surface area contributed by atoms with Crippen molar-refractivity contribution in [3.8, 4) is 0 Å². The van der Waals surface area contributed by atoms with Crippen molar-refractivity contribution in [3.63, 3.8) is 0 Å². The Kier molecular flexibility index (Phi) is 7.53. The number of carbonyl (C=O) groups excluding carboxylic acids is 4. The summed E-state index contributed by atoms with van der Waals surface area (Å²) < 4.78 is 28.2. The highest BCUT2D eigenvalue weighted by Crippen LogP contribution is 2.47. The maximum absolute atomic E-state index is 14.1. The minimum atomic E-state index is -1.86. The summed E-state index contributed by atoms with van der Waals surface area (Å²) in [7, 11) is 0. The first-order valence-electron chi connectivity index (χ1n) is 13.7. The zero-order chi connectivity index (χ0) is 30.2. The fourth-order valence-corrected chi connectivity index (χ4v) is 5.66. The molecule has 1 aliphatic heterocycles. The number of benzene rings is 2. The van der Waals surface area contributed by atoms with Crippen molar-refractivity contribution >= 4 is 35.6 Å². The van der Waals surface area contributed by atoms with Gasteiger partial charge in [-0.3, -0.25) is 14.5 Å². The van der Waals surface area contributed by atoms with Crippen molar-refractivity contribution in [1.29, 1.82) is 0 Å². The summed E-state index contributed by atoms with van der Waals surface area (Å²) in [6.45, 7) is 4.35. The molecule has 2 unspecified atom stereocenters. The topological polar surface area (TPSA) is 120 Å². The van der Waals surface area contributed by atoms with E-state index in [2.05, 4.69) is 20.9 Å². The Hall–Kier alpha value is -4.67. The Morgan fingerprint density at radius 2 is 1.86 bits per heavy atom. The molecule has 3 N–H and O–H groups in total. The molecule has 4 amide bonds. The maximum Gasteiger partial charge on any atom is 0.319 e. The van der Waals surface area contributed by atoms with Crippen molar-refractivity contribution < 1.29 is 28.0 Å². The SMILES string of the molecule is CCC(C)NC(=O)N(CC(=O)Nc1ccc2c(c1)C[C@@]1(C2)C(=O)Nc2ncccc21)C(C)(C=O)c1cc(F)cc(F)c1. The zero-order valence-electron chi connectivity index (χ0n) is 23.5. The third-order valence-electron chi connectivity index (χ3n) is 8.23. The van der Waals surface area contributed by atoms with E-state index >= 15 is 0 Å². The van der Waals surface area contributed by atoms with Crippen LogP contribution in [0.1, 0.15) is 49.4 Å². The van der Waals surface area contributed by atoms with E-state index in [9.17, 15) is 28.0 Å². The molecule has 2 aliphatic rings. The molecule has 0 saturated heterocycles. The van der Waals surface area contributed by atoms with Crippen LogP contribution in [0, 0.1) is 11.6 Å². The van der Waals surface area contributed by atoms with Crippen LogP contribution in [-0.4, -0.2) is 46.6 Å². The number of halogens is 2. The average molecular weight is 576 g/mol. The van der Waals surface area contributed by atoms with E-state index in [0.717, 1.165) is 33.7 Å². The van der Waals surface area contributed by atoms with Crippen LogP contribution in [0.2, 0.25) is 0 Å². The summed E-state index contributed by atoms with van der Waals surface area (Å²) in [6.07, 6.45) is 3.51. The van der Waals surface area contributed by atoms with Gasteiger partial charge >= 0.3 is 6.03 Å². The number of hydrogen-bond donors (Lipinski definition) is 3. The summed E-state index contributed by atoms with van der Waals surface area (Å²) in [6, 6.07) is 10.6. The molecule has 2 heterocycles. The van der Waals surface area contributed by atoms with Gasteiger partial charge in [-0.2, -0.15) is 0 Å². The fraction of sp³-hybridized carbons (Fsp3) is 0.323. The van der Waals surface area contributed by atoms with Gasteiger partial charge in [-0.25, -0.2) is 18.6 Å². The highest BCUT2D eigenvalue weighted by Gasteiger charge is 2.51. The quantitative estimate of drug-likeness (QED) is 0.348. The van der Waals surface area contributed by atoms with Gasteiger partial charge in [-0.15, -0.1) is 0 Å². The summed E-state index contributed by atoms with van der Waals surface area (Å²) in [5, 5.41) is 8.36. The molecule has 5 rings (SSSR count). The number of aldehydes is 1. The average Bonchev–Trinajstić information content (AvgIpc) is 3.47. The third-order valence-corrected chi connectivity index (χ3v) is 8.23. The highest BCUT2D eigenvalue weighted by molar-refractivity contribution is 6.06. The van der Waals surface area contributed by atoms with Crippen LogP contribution < -0.4 is 16.0 Å². The minimum absolute atomic E-state index is 0.116. The van der Waals surface area contributed by atoms with Gasteiger partial charge in [0.1, 0.15) is 35.8 Å². The third kappa shape index (κ3) is 5.10.